The average Bonchev–Trinajstić information content (AvgIpc) is 3.01. The summed E-state index contributed by atoms with van der Waals surface area (Å²) in [5.74, 6) is 2.23. The van der Waals surface area contributed by atoms with Gasteiger partial charge in [-0.15, -0.1) is 0 Å². The van der Waals surface area contributed by atoms with Crippen molar-refractivity contribution >= 4 is 11.9 Å². The molecule has 0 aromatic heterocycles. The highest BCUT2D eigenvalue weighted by Crippen LogP contribution is 2.49. The van der Waals surface area contributed by atoms with Gasteiger partial charge in [-0.3, -0.25) is 9.59 Å². The highest BCUT2D eigenvalue weighted by Gasteiger charge is 2.40. The summed E-state index contributed by atoms with van der Waals surface area (Å²) in [6.07, 6.45) is 6.24. The van der Waals surface area contributed by atoms with E-state index < -0.39 is 0 Å². The molecule has 2 fully saturated rings. The van der Waals surface area contributed by atoms with E-state index in [4.69, 9.17) is 0 Å². The number of ether oxygens (including phenoxy) is 1. The summed E-state index contributed by atoms with van der Waals surface area (Å²) in [6.45, 7) is 3.13. The van der Waals surface area contributed by atoms with Crippen molar-refractivity contribution in [3.05, 3.63) is 0 Å². The number of esters is 1. The molecule has 2 aliphatic carbocycles. The van der Waals surface area contributed by atoms with E-state index in [-0.39, 0.29) is 11.9 Å². The summed E-state index contributed by atoms with van der Waals surface area (Å²) in [4.78, 5) is 25.2. The molecule has 3 unspecified atom stereocenters. The van der Waals surface area contributed by atoms with Crippen molar-refractivity contribution in [2.24, 2.45) is 17.8 Å². The van der Waals surface area contributed by atoms with Crippen LogP contribution in [0.3, 0.4) is 0 Å². The van der Waals surface area contributed by atoms with Crippen molar-refractivity contribution in [1.29, 1.82) is 0 Å². The Morgan fingerprint density at radius 1 is 1.26 bits per heavy atom. The van der Waals surface area contributed by atoms with Gasteiger partial charge in [-0.2, -0.15) is 0 Å². The van der Waals surface area contributed by atoms with Gasteiger partial charge in [0, 0.05) is 19.5 Å². The van der Waals surface area contributed by atoms with Gasteiger partial charge >= 0.3 is 5.97 Å². The quantitative estimate of drug-likeness (QED) is 0.693. The lowest BCUT2D eigenvalue weighted by Crippen LogP contribution is -2.34. The largest absolute Gasteiger partial charge is 0.469 e. The zero-order valence-electron chi connectivity index (χ0n) is 12.1. The highest BCUT2D eigenvalue weighted by atomic mass is 16.5. The van der Waals surface area contributed by atoms with Crippen LogP contribution in [0.1, 0.15) is 45.4 Å². The van der Waals surface area contributed by atoms with Gasteiger partial charge in [0.2, 0.25) is 5.91 Å². The maximum Gasteiger partial charge on any atom is 0.307 e. The monoisotopic (exact) mass is 267 g/mol. The Morgan fingerprint density at radius 3 is 2.58 bits per heavy atom. The SMILES string of the molecule is CCN(CCC(=O)OC)C(=O)CC1CC2CCC1C2. The van der Waals surface area contributed by atoms with E-state index in [2.05, 4.69) is 4.74 Å². The molecule has 4 heteroatoms. The summed E-state index contributed by atoms with van der Waals surface area (Å²) in [5, 5.41) is 0. The van der Waals surface area contributed by atoms with Gasteiger partial charge in [-0.25, -0.2) is 0 Å². The van der Waals surface area contributed by atoms with Crippen molar-refractivity contribution in [2.45, 2.75) is 45.4 Å². The van der Waals surface area contributed by atoms with Gasteiger partial charge in [-0.1, -0.05) is 6.42 Å². The second-order valence-corrected chi connectivity index (χ2v) is 5.94. The number of methoxy groups -OCH3 is 1. The summed E-state index contributed by atoms with van der Waals surface area (Å²) in [5.41, 5.74) is 0. The zero-order chi connectivity index (χ0) is 13.8. The lowest BCUT2D eigenvalue weighted by atomic mass is 9.86. The van der Waals surface area contributed by atoms with Gasteiger partial charge in [0.05, 0.1) is 13.5 Å². The molecule has 2 bridgehead atoms. The number of hydrogen-bond acceptors (Lipinski definition) is 3. The van der Waals surface area contributed by atoms with Crippen LogP contribution in [0, 0.1) is 17.8 Å². The highest BCUT2D eigenvalue weighted by molar-refractivity contribution is 5.77. The van der Waals surface area contributed by atoms with E-state index in [1.807, 2.05) is 6.92 Å². The molecular formula is C15H25NO3. The van der Waals surface area contributed by atoms with E-state index in [0.717, 1.165) is 11.8 Å². The van der Waals surface area contributed by atoms with Crippen LogP contribution >= 0.6 is 0 Å². The number of hydrogen-bond donors (Lipinski definition) is 0. The summed E-state index contributed by atoms with van der Waals surface area (Å²) < 4.78 is 4.62. The molecule has 108 valence electrons. The molecule has 0 spiro atoms. The first-order valence-electron chi connectivity index (χ1n) is 7.48. The number of carbonyl (C=O) groups is 2. The normalized spacial score (nSPS) is 28.4. The molecule has 0 aromatic carbocycles. The standard InChI is InChI=1S/C15H25NO3/c1-3-16(7-6-15(18)19-2)14(17)10-13-9-11-4-5-12(13)8-11/h11-13H,3-10H2,1-2H3. The smallest absolute Gasteiger partial charge is 0.307 e. The Hall–Kier alpha value is -1.06. The molecule has 19 heavy (non-hydrogen) atoms. The fourth-order valence-electron chi connectivity index (χ4n) is 3.77. The van der Waals surface area contributed by atoms with Crippen LogP contribution in [0.5, 0.6) is 0 Å². The van der Waals surface area contributed by atoms with Gasteiger partial charge in [0.1, 0.15) is 0 Å². The third-order valence-electron chi connectivity index (χ3n) is 4.87. The van der Waals surface area contributed by atoms with E-state index in [9.17, 15) is 9.59 Å². The van der Waals surface area contributed by atoms with E-state index >= 15 is 0 Å². The third kappa shape index (κ3) is 3.48. The maximum absolute atomic E-state index is 12.3. The number of amides is 1. The Morgan fingerprint density at radius 2 is 2.05 bits per heavy atom. The summed E-state index contributed by atoms with van der Waals surface area (Å²) in [6, 6.07) is 0. The van der Waals surface area contributed by atoms with E-state index in [0.29, 0.717) is 31.8 Å². The Labute approximate surface area is 115 Å². The molecule has 3 atom stereocenters. The van der Waals surface area contributed by atoms with Crippen molar-refractivity contribution in [1.82, 2.24) is 4.90 Å². The van der Waals surface area contributed by atoms with Gasteiger partial charge in [-0.05, 0) is 43.9 Å². The molecule has 0 N–H and O–H groups in total. The fraction of sp³-hybridized carbons (Fsp3) is 0.867. The molecular weight excluding hydrogens is 242 g/mol. The number of fused-ring (bicyclic) bond motifs is 2. The Balaban J connectivity index is 1.78. The second kappa shape index (κ2) is 6.40. The molecule has 2 aliphatic rings. The predicted octanol–water partition coefficient (Wildman–Crippen LogP) is 2.22. The van der Waals surface area contributed by atoms with Crippen molar-refractivity contribution < 1.29 is 14.3 Å². The van der Waals surface area contributed by atoms with E-state index in [1.165, 1.54) is 32.8 Å². The van der Waals surface area contributed by atoms with Gasteiger partial charge < -0.3 is 9.64 Å². The molecule has 2 saturated carbocycles. The summed E-state index contributed by atoms with van der Waals surface area (Å²) in [7, 11) is 1.38. The number of nitrogens with zero attached hydrogens (tertiary/aromatic N) is 1. The molecule has 0 aliphatic heterocycles. The minimum atomic E-state index is -0.244. The first kappa shape index (κ1) is 14.4. The molecule has 2 rings (SSSR count). The van der Waals surface area contributed by atoms with Crippen LogP contribution in [0.4, 0.5) is 0 Å². The number of carbonyl (C=O) groups excluding carboxylic acids is 2. The van der Waals surface area contributed by atoms with Gasteiger partial charge in [0.15, 0.2) is 0 Å². The molecule has 1 amide bonds. The van der Waals surface area contributed by atoms with Crippen LogP contribution in [0.2, 0.25) is 0 Å². The number of rotatable bonds is 6. The lowest BCUT2D eigenvalue weighted by Gasteiger charge is -2.26. The fourth-order valence-corrected chi connectivity index (χ4v) is 3.77. The first-order chi connectivity index (χ1) is 9.13. The lowest BCUT2D eigenvalue weighted by molar-refractivity contribution is -0.141. The minimum Gasteiger partial charge on any atom is -0.469 e. The van der Waals surface area contributed by atoms with Crippen molar-refractivity contribution in [3.8, 4) is 0 Å². The van der Waals surface area contributed by atoms with Crippen molar-refractivity contribution in [3.63, 3.8) is 0 Å². The van der Waals surface area contributed by atoms with Crippen LogP contribution in [-0.2, 0) is 14.3 Å². The molecule has 0 heterocycles. The van der Waals surface area contributed by atoms with Crippen LogP contribution in [0.15, 0.2) is 0 Å². The third-order valence-corrected chi connectivity index (χ3v) is 4.87. The average molecular weight is 267 g/mol. The van der Waals surface area contributed by atoms with Crippen LogP contribution in [-0.4, -0.2) is 37.0 Å². The Kier molecular flexibility index (Phi) is 4.83. The van der Waals surface area contributed by atoms with Crippen LogP contribution < -0.4 is 0 Å². The zero-order valence-corrected chi connectivity index (χ0v) is 12.1. The summed E-state index contributed by atoms with van der Waals surface area (Å²) >= 11 is 0. The van der Waals surface area contributed by atoms with E-state index in [1.54, 1.807) is 4.90 Å². The molecule has 0 aromatic rings. The predicted molar refractivity (Wildman–Crippen MR) is 72.4 cm³/mol. The van der Waals surface area contributed by atoms with Gasteiger partial charge in [0.25, 0.3) is 0 Å². The Bertz CT molecular complexity index is 342. The molecule has 4 nitrogen and oxygen atoms in total. The van der Waals surface area contributed by atoms with Crippen molar-refractivity contribution in [2.75, 3.05) is 20.2 Å². The second-order valence-electron chi connectivity index (χ2n) is 5.94. The maximum atomic E-state index is 12.3. The minimum absolute atomic E-state index is 0.212. The topological polar surface area (TPSA) is 46.6 Å². The first-order valence-corrected chi connectivity index (χ1v) is 7.48. The van der Waals surface area contributed by atoms with Crippen LogP contribution in [0.25, 0.3) is 0 Å². The molecule has 0 radical (unpaired) electrons. The molecule has 0 saturated heterocycles.